The summed E-state index contributed by atoms with van der Waals surface area (Å²) in [6.45, 7) is 2.51. The topological polar surface area (TPSA) is 98.7 Å². The molecule has 0 unspecified atom stereocenters. The van der Waals surface area contributed by atoms with Crippen LogP contribution in [0.15, 0.2) is 11.8 Å². The van der Waals surface area contributed by atoms with Gasteiger partial charge in [-0.25, -0.2) is 14.6 Å². The van der Waals surface area contributed by atoms with Gasteiger partial charge >= 0.3 is 0 Å². The molecule has 90 valence electrons. The van der Waals surface area contributed by atoms with Gasteiger partial charge in [-0.2, -0.15) is 0 Å². The Bertz CT molecular complexity index is 519. The van der Waals surface area contributed by atoms with Crippen LogP contribution in [0.2, 0.25) is 0 Å². The number of rotatable bonds is 4. The summed E-state index contributed by atoms with van der Waals surface area (Å²) < 4.78 is 1.39. The number of amides is 1. The summed E-state index contributed by atoms with van der Waals surface area (Å²) in [5.74, 6) is 0.0267. The molecule has 0 fully saturated rings. The highest BCUT2D eigenvalue weighted by atomic mass is 32.1. The molecule has 0 aliphatic heterocycles. The molecule has 0 bridgehead atoms. The van der Waals surface area contributed by atoms with Gasteiger partial charge in [-0.05, 0) is 6.92 Å². The highest BCUT2D eigenvalue weighted by molar-refractivity contribution is 7.09. The average Bonchev–Trinajstić information content (AvgIpc) is 2.85. The number of nitrogen functional groups attached to an aromatic ring is 1. The fourth-order valence-corrected chi connectivity index (χ4v) is 1.98. The third-order valence-electron chi connectivity index (χ3n) is 2.15. The summed E-state index contributed by atoms with van der Waals surface area (Å²) in [6.07, 6.45) is 1.42. The minimum Gasteiger partial charge on any atom is -0.367 e. The lowest BCUT2D eigenvalue weighted by Gasteiger charge is -2.03. The van der Waals surface area contributed by atoms with E-state index in [9.17, 15) is 4.79 Å². The van der Waals surface area contributed by atoms with Crippen LogP contribution in [-0.4, -0.2) is 25.7 Å². The lowest BCUT2D eigenvalue weighted by molar-refractivity contribution is -0.122. The van der Waals surface area contributed by atoms with Crippen molar-refractivity contribution in [3.05, 3.63) is 22.4 Å². The first kappa shape index (κ1) is 11.5. The molecule has 0 aromatic carbocycles. The molecule has 0 aliphatic rings. The van der Waals surface area contributed by atoms with Gasteiger partial charge in [0.1, 0.15) is 12.9 Å². The number of nitrogens with two attached hydrogens (primary N) is 1. The fourth-order valence-electron chi connectivity index (χ4n) is 1.26. The van der Waals surface area contributed by atoms with Crippen molar-refractivity contribution >= 4 is 23.2 Å². The summed E-state index contributed by atoms with van der Waals surface area (Å²) in [5, 5.41) is 6.61. The van der Waals surface area contributed by atoms with Gasteiger partial charge in [-0.3, -0.25) is 4.79 Å². The first-order valence-electron chi connectivity index (χ1n) is 4.95. The predicted octanol–water partition coefficient (Wildman–Crippen LogP) is -0.0584. The Hall–Kier alpha value is -1.96. The van der Waals surface area contributed by atoms with E-state index in [4.69, 9.17) is 5.73 Å². The SMILES string of the molecule is Cc1ncsc1CNC(=O)Cn1cnc(N)n1. The van der Waals surface area contributed by atoms with Crippen molar-refractivity contribution in [2.45, 2.75) is 20.0 Å². The van der Waals surface area contributed by atoms with Crippen LogP contribution in [0.4, 0.5) is 5.95 Å². The minimum atomic E-state index is -0.136. The Morgan fingerprint density at radius 3 is 3.00 bits per heavy atom. The maximum atomic E-state index is 11.6. The van der Waals surface area contributed by atoms with Crippen LogP contribution in [0, 0.1) is 6.92 Å². The summed E-state index contributed by atoms with van der Waals surface area (Å²) in [7, 11) is 0. The van der Waals surface area contributed by atoms with Crippen LogP contribution in [0.5, 0.6) is 0 Å². The van der Waals surface area contributed by atoms with Crippen molar-refractivity contribution in [3.8, 4) is 0 Å². The third kappa shape index (κ3) is 3.00. The summed E-state index contributed by atoms with van der Waals surface area (Å²) >= 11 is 1.52. The zero-order valence-electron chi connectivity index (χ0n) is 9.25. The number of nitrogens with one attached hydrogen (secondary N) is 1. The number of anilines is 1. The van der Waals surface area contributed by atoms with Crippen LogP contribution < -0.4 is 11.1 Å². The highest BCUT2D eigenvalue weighted by Crippen LogP contribution is 2.10. The maximum Gasteiger partial charge on any atom is 0.242 e. The number of aromatic nitrogens is 4. The van der Waals surface area contributed by atoms with Crippen molar-refractivity contribution < 1.29 is 4.79 Å². The van der Waals surface area contributed by atoms with Gasteiger partial charge in [-0.1, -0.05) is 0 Å². The maximum absolute atomic E-state index is 11.6. The molecular formula is C9H12N6OS. The van der Waals surface area contributed by atoms with Gasteiger partial charge in [0.15, 0.2) is 0 Å². The number of aryl methyl sites for hydroxylation is 1. The number of thiazole rings is 1. The van der Waals surface area contributed by atoms with Gasteiger partial charge in [0.05, 0.1) is 17.7 Å². The van der Waals surface area contributed by atoms with Gasteiger partial charge in [0.25, 0.3) is 0 Å². The Morgan fingerprint density at radius 1 is 1.59 bits per heavy atom. The van der Waals surface area contributed by atoms with E-state index in [-0.39, 0.29) is 18.4 Å². The third-order valence-corrected chi connectivity index (χ3v) is 3.09. The second-order valence-electron chi connectivity index (χ2n) is 3.44. The molecule has 2 heterocycles. The quantitative estimate of drug-likeness (QED) is 0.794. The minimum absolute atomic E-state index is 0.113. The molecule has 17 heavy (non-hydrogen) atoms. The van der Waals surface area contributed by atoms with Crippen LogP contribution in [-0.2, 0) is 17.9 Å². The predicted molar refractivity (Wildman–Crippen MR) is 63.1 cm³/mol. The normalized spacial score (nSPS) is 10.4. The first-order valence-corrected chi connectivity index (χ1v) is 5.83. The van der Waals surface area contributed by atoms with Crippen LogP contribution in [0.3, 0.4) is 0 Å². The largest absolute Gasteiger partial charge is 0.367 e. The van der Waals surface area contributed by atoms with Gasteiger partial charge < -0.3 is 11.1 Å². The van der Waals surface area contributed by atoms with E-state index >= 15 is 0 Å². The number of carbonyl (C=O) groups excluding carboxylic acids is 1. The molecule has 0 atom stereocenters. The molecule has 0 spiro atoms. The lowest BCUT2D eigenvalue weighted by Crippen LogP contribution is -2.27. The van der Waals surface area contributed by atoms with Gasteiger partial charge in [0.2, 0.25) is 11.9 Å². The van der Waals surface area contributed by atoms with E-state index < -0.39 is 0 Å². The number of hydrogen-bond acceptors (Lipinski definition) is 6. The Kier molecular flexibility index (Phi) is 3.33. The molecule has 0 radical (unpaired) electrons. The Labute approximate surface area is 102 Å². The zero-order valence-corrected chi connectivity index (χ0v) is 10.1. The molecule has 0 saturated carbocycles. The van der Waals surface area contributed by atoms with Crippen LogP contribution >= 0.6 is 11.3 Å². The van der Waals surface area contributed by atoms with Gasteiger partial charge in [0, 0.05) is 4.88 Å². The highest BCUT2D eigenvalue weighted by Gasteiger charge is 2.06. The van der Waals surface area contributed by atoms with E-state index in [2.05, 4.69) is 20.4 Å². The molecule has 0 saturated heterocycles. The molecule has 2 aromatic heterocycles. The molecule has 0 aliphatic carbocycles. The van der Waals surface area contributed by atoms with Crippen molar-refractivity contribution in [3.63, 3.8) is 0 Å². The number of carbonyl (C=O) groups is 1. The van der Waals surface area contributed by atoms with Crippen molar-refractivity contribution in [1.29, 1.82) is 0 Å². The van der Waals surface area contributed by atoms with Crippen molar-refractivity contribution in [2.75, 3.05) is 5.73 Å². The van der Waals surface area contributed by atoms with Crippen LogP contribution in [0.1, 0.15) is 10.6 Å². The smallest absolute Gasteiger partial charge is 0.242 e. The van der Waals surface area contributed by atoms with E-state index in [0.29, 0.717) is 6.54 Å². The van der Waals surface area contributed by atoms with E-state index in [1.165, 1.54) is 22.3 Å². The van der Waals surface area contributed by atoms with E-state index in [1.807, 2.05) is 6.92 Å². The summed E-state index contributed by atoms with van der Waals surface area (Å²) in [4.78, 5) is 20.5. The molecular weight excluding hydrogens is 240 g/mol. The number of nitrogens with zero attached hydrogens (tertiary/aromatic N) is 4. The second-order valence-corrected chi connectivity index (χ2v) is 4.38. The zero-order chi connectivity index (χ0) is 12.3. The molecule has 7 nitrogen and oxygen atoms in total. The Morgan fingerprint density at radius 2 is 2.41 bits per heavy atom. The lowest BCUT2D eigenvalue weighted by atomic mass is 10.4. The Balaban J connectivity index is 1.84. The number of hydrogen-bond donors (Lipinski definition) is 2. The van der Waals surface area contributed by atoms with Crippen molar-refractivity contribution in [1.82, 2.24) is 25.1 Å². The molecule has 2 aromatic rings. The van der Waals surface area contributed by atoms with Crippen molar-refractivity contribution in [2.24, 2.45) is 0 Å². The first-order chi connectivity index (χ1) is 8.15. The van der Waals surface area contributed by atoms with Crippen LogP contribution in [0.25, 0.3) is 0 Å². The van der Waals surface area contributed by atoms with E-state index in [1.54, 1.807) is 5.51 Å². The second kappa shape index (κ2) is 4.91. The van der Waals surface area contributed by atoms with Gasteiger partial charge in [-0.15, -0.1) is 16.4 Å². The standard InChI is InChI=1S/C9H12N6OS/c1-6-7(17-5-13-6)2-11-8(16)3-15-4-12-9(10)14-15/h4-5H,2-3H2,1H3,(H2,10,14)(H,11,16). The molecule has 8 heteroatoms. The monoisotopic (exact) mass is 252 g/mol. The fraction of sp³-hybridized carbons (Fsp3) is 0.333. The van der Waals surface area contributed by atoms with E-state index in [0.717, 1.165) is 10.6 Å². The summed E-state index contributed by atoms with van der Waals surface area (Å²) in [6, 6.07) is 0. The average molecular weight is 252 g/mol. The molecule has 2 rings (SSSR count). The summed E-state index contributed by atoms with van der Waals surface area (Å²) in [5.41, 5.74) is 8.05. The molecule has 3 N–H and O–H groups in total. The molecule has 1 amide bonds.